The largest absolute Gasteiger partial charge is 0.368 e. The van der Waals surface area contributed by atoms with Crippen LogP contribution in [0.15, 0.2) is 59.3 Å². The molecule has 152 valence electrons. The second-order valence-corrected chi connectivity index (χ2v) is 7.87. The molecule has 0 N–H and O–H groups in total. The predicted molar refractivity (Wildman–Crippen MR) is 118 cm³/mol. The zero-order chi connectivity index (χ0) is 20.5. The first-order valence-electron chi connectivity index (χ1n) is 10.4. The summed E-state index contributed by atoms with van der Waals surface area (Å²) in [6.07, 6.45) is 1.90. The fraction of sp³-hybridized carbons (Fsp3) is 0.292. The van der Waals surface area contributed by atoms with Gasteiger partial charge in [-0.05, 0) is 43.2 Å². The van der Waals surface area contributed by atoms with Gasteiger partial charge in [0.1, 0.15) is 0 Å². The molecule has 0 spiro atoms. The molecule has 0 bridgehead atoms. The third kappa shape index (κ3) is 3.55. The number of pyridine rings is 1. The van der Waals surface area contributed by atoms with Gasteiger partial charge in [0.15, 0.2) is 5.82 Å². The van der Waals surface area contributed by atoms with E-state index >= 15 is 0 Å². The van der Waals surface area contributed by atoms with Gasteiger partial charge in [0.2, 0.25) is 0 Å². The molecule has 3 heterocycles. The zero-order valence-electron chi connectivity index (χ0n) is 17.4. The van der Waals surface area contributed by atoms with E-state index in [-0.39, 0.29) is 0 Å². The van der Waals surface area contributed by atoms with Crippen LogP contribution in [0.2, 0.25) is 0 Å². The molecule has 0 aliphatic carbocycles. The van der Waals surface area contributed by atoms with Gasteiger partial charge in [-0.1, -0.05) is 35.5 Å². The van der Waals surface area contributed by atoms with Crippen LogP contribution in [0.25, 0.3) is 22.4 Å². The van der Waals surface area contributed by atoms with Gasteiger partial charge in [0, 0.05) is 49.0 Å². The van der Waals surface area contributed by atoms with Gasteiger partial charge < -0.3 is 9.42 Å². The van der Waals surface area contributed by atoms with Crippen molar-refractivity contribution >= 4 is 16.6 Å². The maximum atomic E-state index is 5.56. The van der Waals surface area contributed by atoms with Crippen molar-refractivity contribution in [1.82, 2.24) is 20.0 Å². The summed E-state index contributed by atoms with van der Waals surface area (Å²) in [7, 11) is 0. The molecule has 1 saturated heterocycles. The van der Waals surface area contributed by atoms with Crippen LogP contribution in [-0.4, -0.2) is 46.2 Å². The molecule has 2 aromatic carbocycles. The van der Waals surface area contributed by atoms with Crippen LogP contribution in [0.5, 0.6) is 0 Å². The first-order chi connectivity index (χ1) is 14.7. The van der Waals surface area contributed by atoms with E-state index < -0.39 is 0 Å². The molecule has 6 nitrogen and oxygen atoms in total. The Hall–Kier alpha value is -3.25. The summed E-state index contributed by atoms with van der Waals surface area (Å²) in [5.41, 5.74) is 5.74. The Bertz CT molecular complexity index is 1170. The lowest BCUT2D eigenvalue weighted by Crippen LogP contribution is -2.46. The number of anilines is 1. The van der Waals surface area contributed by atoms with Crippen LogP contribution in [0.1, 0.15) is 17.0 Å². The quantitative estimate of drug-likeness (QED) is 0.512. The molecular formula is C24H25N5O. The highest BCUT2D eigenvalue weighted by Crippen LogP contribution is 2.27. The fourth-order valence-electron chi connectivity index (χ4n) is 4.11. The number of rotatable bonds is 4. The van der Waals surface area contributed by atoms with Gasteiger partial charge in [0.05, 0.1) is 12.1 Å². The average molecular weight is 399 g/mol. The first-order valence-corrected chi connectivity index (χ1v) is 10.4. The maximum absolute atomic E-state index is 5.56. The molecule has 5 rings (SSSR count). The van der Waals surface area contributed by atoms with Crippen LogP contribution < -0.4 is 4.90 Å². The predicted octanol–water partition coefficient (Wildman–Crippen LogP) is 4.22. The molecule has 6 heteroatoms. The molecule has 2 aromatic heterocycles. The Morgan fingerprint density at radius 1 is 0.933 bits per heavy atom. The number of para-hydroxylation sites is 1. The van der Waals surface area contributed by atoms with Crippen molar-refractivity contribution in [2.75, 3.05) is 31.1 Å². The number of hydrogen-bond donors (Lipinski definition) is 0. The van der Waals surface area contributed by atoms with Gasteiger partial charge in [-0.25, -0.2) is 0 Å². The summed E-state index contributed by atoms with van der Waals surface area (Å²) in [5.74, 6) is 1.35. The van der Waals surface area contributed by atoms with E-state index in [1.807, 2.05) is 24.4 Å². The Balaban J connectivity index is 1.26. The number of aromatic nitrogens is 3. The Labute approximate surface area is 176 Å². The third-order valence-electron chi connectivity index (χ3n) is 6.01. The third-order valence-corrected chi connectivity index (χ3v) is 6.01. The second kappa shape index (κ2) is 7.88. The Morgan fingerprint density at radius 2 is 1.77 bits per heavy atom. The van der Waals surface area contributed by atoms with Gasteiger partial charge >= 0.3 is 0 Å². The maximum Gasteiger partial charge on any atom is 0.258 e. The van der Waals surface area contributed by atoms with Crippen LogP contribution in [0, 0.1) is 13.8 Å². The highest BCUT2D eigenvalue weighted by Gasteiger charge is 2.21. The monoisotopic (exact) mass is 399 g/mol. The summed E-state index contributed by atoms with van der Waals surface area (Å²) in [5, 5.41) is 5.44. The summed E-state index contributed by atoms with van der Waals surface area (Å²) in [6, 6.07) is 16.6. The lowest BCUT2D eigenvalue weighted by atomic mass is 10.0. The summed E-state index contributed by atoms with van der Waals surface area (Å²) >= 11 is 0. The molecule has 0 atom stereocenters. The van der Waals surface area contributed by atoms with Crippen molar-refractivity contribution in [2.45, 2.75) is 20.4 Å². The summed E-state index contributed by atoms with van der Waals surface area (Å²) < 4.78 is 5.56. The number of nitrogens with zero attached hydrogens (tertiary/aromatic N) is 5. The highest BCUT2D eigenvalue weighted by molar-refractivity contribution is 5.91. The molecule has 1 aliphatic rings. The first kappa shape index (κ1) is 18.8. The van der Waals surface area contributed by atoms with E-state index in [0.29, 0.717) is 12.4 Å². The molecule has 0 saturated carbocycles. The molecule has 0 radical (unpaired) electrons. The number of aryl methyl sites for hydroxylation is 1. The van der Waals surface area contributed by atoms with Gasteiger partial charge in [-0.15, -0.1) is 0 Å². The van der Waals surface area contributed by atoms with E-state index in [0.717, 1.165) is 43.1 Å². The van der Waals surface area contributed by atoms with Crippen LogP contribution in [0.3, 0.4) is 0 Å². The van der Waals surface area contributed by atoms with Crippen molar-refractivity contribution in [2.24, 2.45) is 0 Å². The number of piperazine rings is 1. The molecule has 0 unspecified atom stereocenters. The van der Waals surface area contributed by atoms with Gasteiger partial charge in [-0.3, -0.25) is 9.88 Å². The smallest absolute Gasteiger partial charge is 0.258 e. The average Bonchev–Trinajstić information content (AvgIpc) is 3.24. The summed E-state index contributed by atoms with van der Waals surface area (Å²) in [4.78, 5) is 14.0. The van der Waals surface area contributed by atoms with Gasteiger partial charge in [0.25, 0.3) is 5.89 Å². The van der Waals surface area contributed by atoms with Crippen molar-refractivity contribution in [3.8, 4) is 11.5 Å². The SMILES string of the molecule is Cc1cccc(-c2nc(CN3CCN(c4ccnc5ccccc45)CC3)no2)c1C. The highest BCUT2D eigenvalue weighted by atomic mass is 16.5. The van der Waals surface area contributed by atoms with Crippen molar-refractivity contribution in [3.63, 3.8) is 0 Å². The standard InChI is InChI=1S/C24H25N5O/c1-17-6-5-8-19(18(17)2)24-26-23(27-30-24)16-28-12-14-29(15-13-28)22-10-11-25-21-9-4-3-7-20(21)22/h3-11H,12-16H2,1-2H3. The van der Waals surface area contributed by atoms with E-state index in [1.54, 1.807) is 0 Å². The Kier molecular flexibility index (Phi) is 4.93. The lowest BCUT2D eigenvalue weighted by molar-refractivity contribution is 0.240. The second-order valence-electron chi connectivity index (χ2n) is 7.87. The van der Waals surface area contributed by atoms with Crippen molar-refractivity contribution in [1.29, 1.82) is 0 Å². The molecular weight excluding hydrogens is 374 g/mol. The molecule has 1 fully saturated rings. The molecule has 30 heavy (non-hydrogen) atoms. The minimum absolute atomic E-state index is 0.605. The lowest BCUT2D eigenvalue weighted by Gasteiger charge is -2.36. The van der Waals surface area contributed by atoms with Crippen LogP contribution in [0.4, 0.5) is 5.69 Å². The molecule has 1 aliphatic heterocycles. The van der Waals surface area contributed by atoms with Crippen LogP contribution in [-0.2, 0) is 6.54 Å². The van der Waals surface area contributed by atoms with Crippen molar-refractivity contribution < 1.29 is 4.52 Å². The Morgan fingerprint density at radius 3 is 2.63 bits per heavy atom. The number of benzene rings is 2. The summed E-state index contributed by atoms with van der Waals surface area (Å²) in [6.45, 7) is 8.76. The molecule has 0 amide bonds. The van der Waals surface area contributed by atoms with Crippen LogP contribution >= 0.6 is 0 Å². The number of hydrogen-bond acceptors (Lipinski definition) is 6. The zero-order valence-corrected chi connectivity index (χ0v) is 17.4. The van der Waals surface area contributed by atoms with E-state index in [1.165, 1.54) is 22.2 Å². The fourth-order valence-corrected chi connectivity index (χ4v) is 4.11. The topological polar surface area (TPSA) is 58.3 Å². The normalized spacial score (nSPS) is 15.1. The van der Waals surface area contributed by atoms with E-state index in [9.17, 15) is 0 Å². The van der Waals surface area contributed by atoms with E-state index in [2.05, 4.69) is 69.1 Å². The van der Waals surface area contributed by atoms with Gasteiger partial charge in [-0.2, -0.15) is 4.98 Å². The van der Waals surface area contributed by atoms with E-state index in [4.69, 9.17) is 4.52 Å². The minimum Gasteiger partial charge on any atom is -0.368 e. The minimum atomic E-state index is 0.605. The molecule has 4 aromatic rings. The van der Waals surface area contributed by atoms with Crippen molar-refractivity contribution in [3.05, 3.63) is 71.7 Å². The number of fused-ring (bicyclic) bond motifs is 1.